The maximum atomic E-state index is 13.4. The van der Waals surface area contributed by atoms with Crippen molar-refractivity contribution in [2.45, 2.75) is 25.3 Å². The first kappa shape index (κ1) is 20.4. The Balaban J connectivity index is 1.55. The zero-order valence-electron chi connectivity index (χ0n) is 16.4. The van der Waals surface area contributed by atoms with Crippen molar-refractivity contribution in [3.63, 3.8) is 0 Å². The van der Waals surface area contributed by atoms with E-state index in [0.29, 0.717) is 30.3 Å². The highest BCUT2D eigenvalue weighted by atomic mass is 79.9. The quantitative estimate of drug-likeness (QED) is 0.611. The second kappa shape index (κ2) is 8.86. The fraction of sp³-hybridized carbons (Fsp3) is 0.350. The number of aryl methyl sites for hydroxylation is 1. The van der Waals surface area contributed by atoms with Gasteiger partial charge in [-0.2, -0.15) is 0 Å². The van der Waals surface area contributed by atoms with Gasteiger partial charge in [-0.05, 0) is 59.5 Å². The molecule has 0 unspecified atom stereocenters. The molecule has 1 aliphatic heterocycles. The van der Waals surface area contributed by atoms with Gasteiger partial charge < -0.3 is 10.2 Å². The number of halogens is 2. The Morgan fingerprint density at radius 3 is 2.70 bits per heavy atom. The van der Waals surface area contributed by atoms with Gasteiger partial charge in [0.25, 0.3) is 5.91 Å². The topological polar surface area (TPSA) is 88.8 Å². The second-order valence-electron chi connectivity index (χ2n) is 7.17. The number of hydrogen-bond acceptors (Lipinski definition) is 6. The summed E-state index contributed by atoms with van der Waals surface area (Å²) in [6.07, 6.45) is 6.20. The van der Waals surface area contributed by atoms with Crippen LogP contribution < -0.4 is 5.32 Å². The van der Waals surface area contributed by atoms with E-state index in [1.54, 1.807) is 36.3 Å². The van der Waals surface area contributed by atoms with Crippen LogP contribution in [-0.2, 0) is 7.05 Å². The number of anilines is 1. The summed E-state index contributed by atoms with van der Waals surface area (Å²) in [7, 11) is 1.72. The second-order valence-corrected chi connectivity index (χ2v) is 8.09. The molecule has 1 fully saturated rings. The summed E-state index contributed by atoms with van der Waals surface area (Å²) in [6.45, 7) is 1.19. The predicted octanol–water partition coefficient (Wildman–Crippen LogP) is 3.28. The molecular weight excluding hydrogens is 453 g/mol. The minimum atomic E-state index is -0.334. The fourth-order valence-electron chi connectivity index (χ4n) is 3.66. The van der Waals surface area contributed by atoms with Crippen molar-refractivity contribution < 1.29 is 9.18 Å². The van der Waals surface area contributed by atoms with Crippen molar-refractivity contribution in [1.29, 1.82) is 0 Å². The van der Waals surface area contributed by atoms with Crippen molar-refractivity contribution in [1.82, 2.24) is 29.9 Å². The van der Waals surface area contributed by atoms with E-state index in [-0.39, 0.29) is 23.5 Å². The summed E-state index contributed by atoms with van der Waals surface area (Å²) in [6, 6.07) is 5.97. The van der Waals surface area contributed by atoms with Crippen LogP contribution in [0.15, 0.2) is 41.1 Å². The van der Waals surface area contributed by atoms with Gasteiger partial charge in [0.1, 0.15) is 11.5 Å². The van der Waals surface area contributed by atoms with Crippen LogP contribution in [0.5, 0.6) is 0 Å². The molecule has 3 aromatic rings. The number of hydrogen-bond donors (Lipinski definition) is 1. The third kappa shape index (κ3) is 4.33. The first-order valence-electron chi connectivity index (χ1n) is 9.71. The van der Waals surface area contributed by atoms with E-state index in [2.05, 4.69) is 41.5 Å². The van der Waals surface area contributed by atoms with E-state index < -0.39 is 0 Å². The number of piperidine rings is 1. The van der Waals surface area contributed by atoms with Crippen molar-refractivity contribution in [3.8, 4) is 11.3 Å². The third-order valence-corrected chi connectivity index (χ3v) is 5.56. The molecule has 0 aliphatic carbocycles. The van der Waals surface area contributed by atoms with Gasteiger partial charge in [-0.3, -0.25) is 4.79 Å². The van der Waals surface area contributed by atoms with Crippen molar-refractivity contribution in [3.05, 3.63) is 52.6 Å². The summed E-state index contributed by atoms with van der Waals surface area (Å²) >= 11 is 3.32. The van der Waals surface area contributed by atoms with Crippen LogP contribution in [-0.4, -0.2) is 54.9 Å². The van der Waals surface area contributed by atoms with Crippen LogP contribution in [0.3, 0.4) is 0 Å². The van der Waals surface area contributed by atoms with Gasteiger partial charge in [-0.1, -0.05) is 5.21 Å². The highest BCUT2D eigenvalue weighted by molar-refractivity contribution is 9.10. The lowest BCUT2D eigenvalue weighted by molar-refractivity contribution is 0.0623. The van der Waals surface area contributed by atoms with E-state index in [1.165, 1.54) is 12.1 Å². The first-order valence-corrected chi connectivity index (χ1v) is 10.5. The first-order chi connectivity index (χ1) is 14.5. The number of carbonyl (C=O) groups is 1. The number of nitrogens with zero attached hydrogens (tertiary/aromatic N) is 6. The summed E-state index contributed by atoms with van der Waals surface area (Å²) in [5.41, 5.74) is 1.55. The largest absolute Gasteiger partial charge is 0.352 e. The van der Waals surface area contributed by atoms with Gasteiger partial charge in [0.2, 0.25) is 5.95 Å². The van der Waals surface area contributed by atoms with Crippen LogP contribution in [0, 0.1) is 5.82 Å². The number of likely N-dealkylation sites (tertiary alicyclic amines) is 1. The predicted molar refractivity (Wildman–Crippen MR) is 113 cm³/mol. The van der Waals surface area contributed by atoms with Crippen LogP contribution in [0.1, 0.15) is 29.8 Å². The Labute approximate surface area is 181 Å². The molecule has 10 heteroatoms. The summed E-state index contributed by atoms with van der Waals surface area (Å²) in [5.74, 6) is 0.00686. The Morgan fingerprint density at radius 2 is 1.97 bits per heavy atom. The maximum absolute atomic E-state index is 13.4. The molecule has 4 rings (SSSR count). The number of amides is 1. The molecule has 8 nitrogen and oxygen atoms in total. The molecule has 0 radical (unpaired) electrons. The molecule has 1 saturated heterocycles. The lowest BCUT2D eigenvalue weighted by Crippen LogP contribution is -2.47. The van der Waals surface area contributed by atoms with Gasteiger partial charge in [0, 0.05) is 44.1 Å². The van der Waals surface area contributed by atoms with E-state index in [4.69, 9.17) is 0 Å². The molecule has 0 saturated carbocycles. The normalized spacial score (nSPS) is 16.5. The Morgan fingerprint density at radius 1 is 1.23 bits per heavy atom. The number of rotatable bonds is 5. The van der Waals surface area contributed by atoms with Gasteiger partial charge >= 0.3 is 0 Å². The fourth-order valence-corrected chi connectivity index (χ4v) is 3.87. The van der Waals surface area contributed by atoms with Gasteiger partial charge in [-0.25, -0.2) is 19.0 Å². The van der Waals surface area contributed by atoms with Crippen molar-refractivity contribution in [2.75, 3.05) is 18.4 Å². The van der Waals surface area contributed by atoms with E-state index in [9.17, 15) is 9.18 Å². The van der Waals surface area contributed by atoms with E-state index in [1.807, 2.05) is 4.90 Å². The lowest BCUT2D eigenvalue weighted by Gasteiger charge is -2.35. The van der Waals surface area contributed by atoms with Crippen LogP contribution >= 0.6 is 15.9 Å². The summed E-state index contributed by atoms with van der Waals surface area (Å²) in [5, 5.41) is 11.4. The zero-order chi connectivity index (χ0) is 21.1. The van der Waals surface area contributed by atoms with Gasteiger partial charge in [-0.15, -0.1) is 5.10 Å². The van der Waals surface area contributed by atoms with E-state index in [0.717, 1.165) is 23.7 Å². The Bertz CT molecular complexity index is 1020. The number of carbonyl (C=O) groups excluding carboxylic acids is 1. The average molecular weight is 474 g/mol. The molecule has 1 atom stereocenters. The Hall–Kier alpha value is -2.88. The SMILES string of the molecule is Cn1nnc(C(=O)N2CCCC[C@H]2CNc2ncc(Br)cn2)c1-c1ccc(F)cc1. The molecule has 1 N–H and O–H groups in total. The number of aromatic nitrogens is 5. The summed E-state index contributed by atoms with van der Waals surface area (Å²) in [4.78, 5) is 23.7. The molecule has 156 valence electrons. The molecule has 1 amide bonds. The molecule has 0 bridgehead atoms. The monoisotopic (exact) mass is 473 g/mol. The average Bonchev–Trinajstić information content (AvgIpc) is 3.15. The van der Waals surface area contributed by atoms with Crippen LogP contribution in [0.2, 0.25) is 0 Å². The number of benzene rings is 1. The molecular formula is C20H21BrFN7O. The summed E-state index contributed by atoms with van der Waals surface area (Å²) < 4.78 is 15.7. The van der Waals surface area contributed by atoms with Crippen molar-refractivity contribution >= 4 is 27.8 Å². The molecule has 1 aliphatic rings. The Kier molecular flexibility index (Phi) is 6.03. The zero-order valence-corrected chi connectivity index (χ0v) is 18.0. The molecule has 0 spiro atoms. The molecule has 3 heterocycles. The third-order valence-electron chi connectivity index (χ3n) is 5.15. The molecule has 30 heavy (non-hydrogen) atoms. The van der Waals surface area contributed by atoms with Crippen LogP contribution in [0.25, 0.3) is 11.3 Å². The van der Waals surface area contributed by atoms with E-state index >= 15 is 0 Å². The minimum Gasteiger partial charge on any atom is -0.352 e. The molecule has 2 aromatic heterocycles. The minimum absolute atomic E-state index is 0.0124. The maximum Gasteiger partial charge on any atom is 0.277 e. The highest BCUT2D eigenvalue weighted by Gasteiger charge is 2.31. The lowest BCUT2D eigenvalue weighted by atomic mass is 10.0. The van der Waals surface area contributed by atoms with Gasteiger partial charge in [0.05, 0.1) is 4.47 Å². The van der Waals surface area contributed by atoms with Crippen LogP contribution in [0.4, 0.5) is 10.3 Å². The standard InChI is InChI=1S/C20H21BrFN7O/c1-28-18(13-5-7-15(22)8-6-13)17(26-27-28)19(30)29-9-3-2-4-16(29)12-25-20-23-10-14(21)11-24-20/h5-8,10-11,16H,2-4,9,12H2,1H3,(H,23,24,25)/t16-/m0/s1. The highest BCUT2D eigenvalue weighted by Crippen LogP contribution is 2.26. The van der Waals surface area contributed by atoms with Gasteiger partial charge in [0.15, 0.2) is 5.69 Å². The smallest absolute Gasteiger partial charge is 0.277 e. The van der Waals surface area contributed by atoms with Crippen molar-refractivity contribution in [2.24, 2.45) is 7.05 Å². The number of nitrogens with one attached hydrogen (secondary N) is 1. The molecule has 1 aromatic carbocycles.